The van der Waals surface area contributed by atoms with Gasteiger partial charge in [-0.2, -0.15) is 0 Å². The van der Waals surface area contributed by atoms with Gasteiger partial charge in [0.05, 0.1) is 0 Å². The lowest BCUT2D eigenvalue weighted by Gasteiger charge is -2.22. The second-order valence-corrected chi connectivity index (χ2v) is 6.10. The van der Waals surface area contributed by atoms with Gasteiger partial charge in [-0.3, -0.25) is 0 Å². The van der Waals surface area contributed by atoms with Gasteiger partial charge in [-0.15, -0.1) is 11.3 Å². The van der Waals surface area contributed by atoms with Crippen LogP contribution in [0.4, 0.5) is 0 Å². The van der Waals surface area contributed by atoms with Gasteiger partial charge in [0.1, 0.15) is 0 Å². The van der Waals surface area contributed by atoms with Gasteiger partial charge in [-0.25, -0.2) is 0 Å². The average Bonchev–Trinajstić information content (AvgIpc) is 2.93. The van der Waals surface area contributed by atoms with Gasteiger partial charge in [0.15, 0.2) is 0 Å². The van der Waals surface area contributed by atoms with E-state index in [-0.39, 0.29) is 0 Å². The van der Waals surface area contributed by atoms with E-state index in [4.69, 9.17) is 0 Å². The van der Waals surface area contributed by atoms with Gasteiger partial charge >= 0.3 is 0 Å². The first-order valence-electron chi connectivity index (χ1n) is 6.17. The van der Waals surface area contributed by atoms with Gasteiger partial charge in [0.2, 0.25) is 0 Å². The molecule has 1 aromatic heterocycles. The molecule has 82 valence electrons. The maximum Gasteiger partial charge on any atom is 0.00982 e. The summed E-state index contributed by atoms with van der Waals surface area (Å²) in [6, 6.07) is 5.24. The Hall–Kier alpha value is -0.340. The molecule has 0 unspecified atom stereocenters. The zero-order valence-electron chi connectivity index (χ0n) is 9.11. The minimum absolute atomic E-state index is 0.851. The van der Waals surface area contributed by atoms with Crippen LogP contribution < -0.4 is 5.32 Å². The summed E-state index contributed by atoms with van der Waals surface area (Å²) in [5.74, 6) is 2.08. The molecule has 15 heavy (non-hydrogen) atoms. The number of nitrogens with one attached hydrogen (secondary N) is 1. The van der Waals surface area contributed by atoms with Crippen molar-refractivity contribution in [3.05, 3.63) is 22.4 Å². The lowest BCUT2D eigenvalue weighted by molar-refractivity contribution is 0.354. The summed E-state index contributed by atoms with van der Waals surface area (Å²) in [7, 11) is 0. The highest BCUT2D eigenvalue weighted by Crippen LogP contribution is 2.44. The number of hydrogen-bond donors (Lipinski definition) is 1. The molecule has 2 saturated carbocycles. The van der Waals surface area contributed by atoms with Crippen LogP contribution in [0.1, 0.15) is 30.6 Å². The van der Waals surface area contributed by atoms with E-state index in [1.807, 2.05) is 11.3 Å². The molecule has 0 radical (unpaired) electrons. The van der Waals surface area contributed by atoms with Gasteiger partial charge in [0, 0.05) is 17.5 Å². The largest absolute Gasteiger partial charge is 0.313 e. The molecule has 2 heteroatoms. The van der Waals surface area contributed by atoms with Crippen LogP contribution in [0.2, 0.25) is 0 Å². The van der Waals surface area contributed by atoms with E-state index in [0.717, 1.165) is 17.9 Å². The van der Waals surface area contributed by atoms with Crippen molar-refractivity contribution in [1.29, 1.82) is 0 Å². The Kier molecular flexibility index (Phi) is 2.80. The van der Waals surface area contributed by atoms with E-state index in [9.17, 15) is 0 Å². The van der Waals surface area contributed by atoms with Crippen LogP contribution in [-0.4, -0.2) is 12.6 Å². The Balaban J connectivity index is 1.43. The molecule has 2 aliphatic rings. The highest BCUT2D eigenvalue weighted by Gasteiger charge is 2.38. The third kappa shape index (κ3) is 2.11. The predicted molar refractivity (Wildman–Crippen MR) is 65.3 cm³/mol. The SMILES string of the molecule is c1csc(CCN[C@H]2C[C@H]3CC[C@H]2C3)c1. The second kappa shape index (κ2) is 4.26. The highest BCUT2D eigenvalue weighted by molar-refractivity contribution is 7.09. The molecular formula is C13H19NS. The summed E-state index contributed by atoms with van der Waals surface area (Å²) in [4.78, 5) is 1.52. The van der Waals surface area contributed by atoms with Crippen molar-refractivity contribution in [2.45, 2.75) is 38.1 Å². The molecule has 1 N–H and O–H groups in total. The smallest absolute Gasteiger partial charge is 0.00982 e. The van der Waals surface area contributed by atoms with Crippen molar-refractivity contribution >= 4 is 11.3 Å². The summed E-state index contributed by atoms with van der Waals surface area (Å²) in [5.41, 5.74) is 0. The van der Waals surface area contributed by atoms with E-state index in [2.05, 4.69) is 22.8 Å². The quantitative estimate of drug-likeness (QED) is 0.824. The molecule has 1 heterocycles. The first-order chi connectivity index (χ1) is 7.42. The Morgan fingerprint density at radius 1 is 1.33 bits per heavy atom. The van der Waals surface area contributed by atoms with Crippen LogP contribution in [-0.2, 0) is 6.42 Å². The third-order valence-corrected chi connectivity index (χ3v) is 5.03. The fraction of sp³-hybridized carbons (Fsp3) is 0.692. The number of rotatable bonds is 4. The number of hydrogen-bond acceptors (Lipinski definition) is 2. The van der Waals surface area contributed by atoms with E-state index < -0.39 is 0 Å². The van der Waals surface area contributed by atoms with Crippen LogP contribution in [0.25, 0.3) is 0 Å². The Morgan fingerprint density at radius 3 is 3.00 bits per heavy atom. The Labute approximate surface area is 95.9 Å². The third-order valence-electron chi connectivity index (χ3n) is 4.10. The first-order valence-corrected chi connectivity index (χ1v) is 7.05. The van der Waals surface area contributed by atoms with Crippen molar-refractivity contribution in [1.82, 2.24) is 5.32 Å². The van der Waals surface area contributed by atoms with Crippen LogP contribution in [0.5, 0.6) is 0 Å². The molecule has 1 aromatic rings. The second-order valence-electron chi connectivity index (χ2n) is 5.06. The van der Waals surface area contributed by atoms with Crippen molar-refractivity contribution in [2.24, 2.45) is 11.8 Å². The van der Waals surface area contributed by atoms with E-state index in [0.29, 0.717) is 0 Å². The average molecular weight is 221 g/mol. The lowest BCUT2D eigenvalue weighted by Crippen LogP contribution is -2.35. The van der Waals surface area contributed by atoms with Crippen molar-refractivity contribution in [3.8, 4) is 0 Å². The van der Waals surface area contributed by atoms with Crippen LogP contribution in [0, 0.1) is 11.8 Å². The summed E-state index contributed by atoms with van der Waals surface area (Å²) < 4.78 is 0. The number of fused-ring (bicyclic) bond motifs is 2. The molecule has 2 fully saturated rings. The molecular weight excluding hydrogens is 202 g/mol. The standard InChI is InChI=1S/C13H19NS/c1-2-12(15-7-1)5-6-14-13-9-10-3-4-11(13)8-10/h1-2,7,10-11,13-14H,3-6,8-9H2/t10-,11-,13-/m0/s1. The lowest BCUT2D eigenvalue weighted by atomic mass is 9.95. The summed E-state index contributed by atoms with van der Waals surface area (Å²) >= 11 is 1.88. The van der Waals surface area contributed by atoms with Crippen LogP contribution in [0.3, 0.4) is 0 Å². The van der Waals surface area contributed by atoms with Crippen molar-refractivity contribution < 1.29 is 0 Å². The zero-order valence-corrected chi connectivity index (χ0v) is 9.93. The van der Waals surface area contributed by atoms with E-state index in [1.54, 1.807) is 0 Å². The van der Waals surface area contributed by atoms with Crippen LogP contribution >= 0.6 is 11.3 Å². The monoisotopic (exact) mass is 221 g/mol. The predicted octanol–water partition coefficient (Wildman–Crippen LogP) is 3.07. The van der Waals surface area contributed by atoms with Gasteiger partial charge in [-0.05, 0) is 49.0 Å². The van der Waals surface area contributed by atoms with Gasteiger partial charge < -0.3 is 5.32 Å². The molecule has 0 aromatic carbocycles. The van der Waals surface area contributed by atoms with E-state index >= 15 is 0 Å². The zero-order chi connectivity index (χ0) is 10.1. The maximum atomic E-state index is 3.76. The molecule has 2 bridgehead atoms. The summed E-state index contributed by atoms with van der Waals surface area (Å²) in [6.07, 6.45) is 7.17. The molecule has 0 spiro atoms. The first kappa shape index (κ1) is 9.86. The number of thiophene rings is 1. The van der Waals surface area contributed by atoms with Crippen LogP contribution in [0.15, 0.2) is 17.5 Å². The molecule has 3 atom stereocenters. The fourth-order valence-electron chi connectivity index (χ4n) is 3.33. The summed E-state index contributed by atoms with van der Waals surface area (Å²) in [6.45, 7) is 1.18. The minimum Gasteiger partial charge on any atom is -0.313 e. The Bertz CT molecular complexity index is 306. The van der Waals surface area contributed by atoms with E-state index in [1.165, 1.54) is 43.5 Å². The minimum atomic E-state index is 0.851. The topological polar surface area (TPSA) is 12.0 Å². The normalized spacial score (nSPS) is 33.7. The van der Waals surface area contributed by atoms with Gasteiger partial charge in [-0.1, -0.05) is 12.5 Å². The summed E-state index contributed by atoms with van der Waals surface area (Å²) in [5, 5.41) is 5.93. The molecule has 0 saturated heterocycles. The molecule has 0 amide bonds. The molecule has 3 rings (SSSR count). The van der Waals surface area contributed by atoms with Crippen molar-refractivity contribution in [2.75, 3.05) is 6.54 Å². The molecule has 1 nitrogen and oxygen atoms in total. The Morgan fingerprint density at radius 2 is 2.33 bits per heavy atom. The highest BCUT2D eigenvalue weighted by atomic mass is 32.1. The maximum absolute atomic E-state index is 3.76. The molecule has 0 aliphatic heterocycles. The molecule has 2 aliphatic carbocycles. The van der Waals surface area contributed by atoms with Crippen molar-refractivity contribution in [3.63, 3.8) is 0 Å². The fourth-order valence-corrected chi connectivity index (χ4v) is 4.04. The van der Waals surface area contributed by atoms with Gasteiger partial charge in [0.25, 0.3) is 0 Å².